The number of carboxylic acids is 1. The van der Waals surface area contributed by atoms with Crippen molar-refractivity contribution in [3.05, 3.63) is 29.8 Å². The first kappa shape index (κ1) is 19.1. The first-order valence-corrected chi connectivity index (χ1v) is 8.70. The van der Waals surface area contributed by atoms with E-state index in [-0.39, 0.29) is 17.9 Å². The van der Waals surface area contributed by atoms with Crippen LogP contribution in [0.4, 0.5) is 8.78 Å². The molecule has 1 aromatic rings. The van der Waals surface area contributed by atoms with Gasteiger partial charge < -0.3 is 20.1 Å². The lowest BCUT2D eigenvalue weighted by Crippen LogP contribution is -2.47. The Morgan fingerprint density at radius 1 is 1.30 bits per heavy atom. The molecule has 1 aliphatic heterocycles. The Bertz CT molecular complexity index is 751. The summed E-state index contributed by atoms with van der Waals surface area (Å²) in [6.45, 7) is -2.74. The zero-order valence-electron chi connectivity index (χ0n) is 14.5. The molecule has 7 nitrogen and oxygen atoms in total. The van der Waals surface area contributed by atoms with Crippen LogP contribution in [0, 0.1) is 5.41 Å². The van der Waals surface area contributed by atoms with Gasteiger partial charge in [-0.05, 0) is 37.8 Å². The maximum atomic E-state index is 12.8. The number of hydrogen-bond donors (Lipinski definition) is 2. The number of nitrogens with zero attached hydrogens (tertiary/aromatic N) is 1. The van der Waals surface area contributed by atoms with Crippen LogP contribution in [0.25, 0.3) is 0 Å². The quantitative estimate of drug-likeness (QED) is 0.751. The normalized spacial score (nSPS) is 20.4. The van der Waals surface area contributed by atoms with Crippen molar-refractivity contribution in [3.8, 4) is 5.75 Å². The molecule has 2 fully saturated rings. The Hall–Kier alpha value is -2.71. The van der Waals surface area contributed by atoms with Crippen LogP contribution < -0.4 is 10.1 Å². The Labute approximate surface area is 154 Å². The van der Waals surface area contributed by atoms with Gasteiger partial charge in [0.1, 0.15) is 11.8 Å². The highest BCUT2D eigenvalue weighted by Gasteiger charge is 2.50. The maximum Gasteiger partial charge on any atom is 0.387 e. The molecule has 1 aromatic carbocycles. The Morgan fingerprint density at radius 3 is 2.63 bits per heavy atom. The molecule has 1 saturated heterocycles. The molecule has 1 unspecified atom stereocenters. The number of aliphatic carboxylic acids is 1. The molecule has 2 N–H and O–H groups in total. The lowest BCUT2D eigenvalue weighted by Gasteiger charge is -2.25. The monoisotopic (exact) mass is 382 g/mol. The van der Waals surface area contributed by atoms with Crippen molar-refractivity contribution in [2.24, 2.45) is 5.41 Å². The maximum absolute atomic E-state index is 12.8. The van der Waals surface area contributed by atoms with Gasteiger partial charge in [-0.1, -0.05) is 12.1 Å². The molecule has 1 atom stereocenters. The minimum atomic E-state index is -3.07. The van der Waals surface area contributed by atoms with E-state index in [1.165, 1.54) is 29.2 Å². The molecule has 146 valence electrons. The van der Waals surface area contributed by atoms with E-state index >= 15 is 0 Å². The number of para-hydroxylation sites is 1. The van der Waals surface area contributed by atoms with Crippen molar-refractivity contribution in [3.63, 3.8) is 0 Å². The molecule has 27 heavy (non-hydrogen) atoms. The number of alkyl halides is 2. The summed E-state index contributed by atoms with van der Waals surface area (Å²) in [6, 6.07) is 4.89. The summed E-state index contributed by atoms with van der Waals surface area (Å²) < 4.78 is 29.5. The molecule has 0 bridgehead atoms. The van der Waals surface area contributed by atoms with Crippen LogP contribution in [-0.2, 0) is 9.59 Å². The smallest absolute Gasteiger partial charge is 0.387 e. The third kappa shape index (κ3) is 4.01. The number of ether oxygens (including phenoxy) is 1. The summed E-state index contributed by atoms with van der Waals surface area (Å²) in [5, 5.41) is 11.8. The Kier molecular flexibility index (Phi) is 5.29. The molecule has 1 heterocycles. The van der Waals surface area contributed by atoms with Gasteiger partial charge in [-0.3, -0.25) is 14.4 Å². The predicted molar refractivity (Wildman–Crippen MR) is 89.4 cm³/mol. The number of carbonyl (C=O) groups is 3. The minimum Gasteiger partial charge on any atom is -0.481 e. The van der Waals surface area contributed by atoms with Gasteiger partial charge >= 0.3 is 12.6 Å². The molecule has 0 spiro atoms. The van der Waals surface area contributed by atoms with Crippen LogP contribution >= 0.6 is 0 Å². The van der Waals surface area contributed by atoms with E-state index in [0.717, 1.165) is 0 Å². The Balaban J connectivity index is 1.70. The van der Waals surface area contributed by atoms with E-state index in [2.05, 4.69) is 10.1 Å². The van der Waals surface area contributed by atoms with Crippen LogP contribution in [0.3, 0.4) is 0 Å². The number of rotatable bonds is 7. The van der Waals surface area contributed by atoms with Crippen LogP contribution in [0.15, 0.2) is 24.3 Å². The van der Waals surface area contributed by atoms with Gasteiger partial charge in [-0.2, -0.15) is 8.78 Å². The van der Waals surface area contributed by atoms with Crippen molar-refractivity contribution in [1.29, 1.82) is 0 Å². The van der Waals surface area contributed by atoms with Gasteiger partial charge in [0.25, 0.3) is 5.91 Å². The highest BCUT2D eigenvalue weighted by atomic mass is 19.3. The first-order valence-electron chi connectivity index (χ1n) is 8.70. The fraction of sp³-hybridized carbons (Fsp3) is 0.500. The summed E-state index contributed by atoms with van der Waals surface area (Å²) in [5.74, 6) is -2.18. The Morgan fingerprint density at radius 2 is 2.00 bits per heavy atom. The first-order chi connectivity index (χ1) is 12.8. The molecule has 1 aliphatic carbocycles. The topological polar surface area (TPSA) is 95.9 Å². The summed E-state index contributed by atoms with van der Waals surface area (Å²) >= 11 is 0. The van der Waals surface area contributed by atoms with Crippen molar-refractivity contribution < 1.29 is 33.0 Å². The summed E-state index contributed by atoms with van der Waals surface area (Å²) in [4.78, 5) is 37.8. The van der Waals surface area contributed by atoms with Gasteiger partial charge in [0.15, 0.2) is 0 Å². The summed E-state index contributed by atoms with van der Waals surface area (Å²) in [6.07, 6.45) is 2.03. The molecule has 1 saturated carbocycles. The third-order valence-electron chi connectivity index (χ3n) is 5.06. The van der Waals surface area contributed by atoms with E-state index in [9.17, 15) is 28.3 Å². The van der Waals surface area contributed by atoms with Crippen LogP contribution in [-0.4, -0.2) is 53.5 Å². The van der Waals surface area contributed by atoms with Crippen LogP contribution in [0.5, 0.6) is 5.75 Å². The predicted octanol–water partition coefficient (Wildman–Crippen LogP) is 1.87. The molecule has 3 rings (SSSR count). The number of amides is 2. The SMILES string of the molecule is O=C(NCC1(C(=O)O)CC1)C1CCCN1C(=O)c1ccccc1OC(F)F. The van der Waals surface area contributed by atoms with E-state index in [1.807, 2.05) is 0 Å². The number of likely N-dealkylation sites (tertiary alicyclic amines) is 1. The number of carboxylic acid groups (broad SMARTS) is 1. The standard InChI is InChI=1S/C18H20F2N2O5/c19-17(20)27-13-6-2-1-4-11(13)15(24)22-9-3-5-12(22)14(23)21-10-18(7-8-18)16(25)26/h1-2,4,6,12,17H,3,5,7-10H2,(H,21,23)(H,25,26). The molecule has 2 aliphatic rings. The molecule has 2 amide bonds. The average Bonchev–Trinajstić information content (AvgIpc) is 3.27. The van der Waals surface area contributed by atoms with Crippen LogP contribution in [0.1, 0.15) is 36.0 Å². The van der Waals surface area contributed by atoms with E-state index in [1.54, 1.807) is 0 Å². The number of carbonyl (C=O) groups excluding carboxylic acids is 2. The van der Waals surface area contributed by atoms with Gasteiger partial charge in [-0.25, -0.2) is 0 Å². The average molecular weight is 382 g/mol. The second-order valence-corrected chi connectivity index (χ2v) is 6.83. The zero-order valence-corrected chi connectivity index (χ0v) is 14.5. The number of benzene rings is 1. The molecular weight excluding hydrogens is 362 g/mol. The van der Waals surface area contributed by atoms with Crippen molar-refractivity contribution in [2.45, 2.75) is 38.3 Å². The second-order valence-electron chi connectivity index (χ2n) is 6.83. The third-order valence-corrected chi connectivity index (χ3v) is 5.06. The highest BCUT2D eigenvalue weighted by Crippen LogP contribution is 2.45. The lowest BCUT2D eigenvalue weighted by molar-refractivity contribution is -0.143. The number of hydrogen-bond acceptors (Lipinski definition) is 4. The summed E-state index contributed by atoms with van der Waals surface area (Å²) in [5.41, 5.74) is -0.942. The largest absolute Gasteiger partial charge is 0.481 e. The fourth-order valence-electron chi connectivity index (χ4n) is 3.27. The van der Waals surface area contributed by atoms with Gasteiger partial charge in [0.2, 0.25) is 5.91 Å². The molecule has 0 radical (unpaired) electrons. The van der Waals surface area contributed by atoms with Crippen molar-refractivity contribution in [1.82, 2.24) is 10.2 Å². The second kappa shape index (κ2) is 7.50. The van der Waals surface area contributed by atoms with E-state index in [4.69, 9.17) is 0 Å². The van der Waals surface area contributed by atoms with Crippen LogP contribution in [0.2, 0.25) is 0 Å². The number of halogens is 2. The van der Waals surface area contributed by atoms with Crippen molar-refractivity contribution >= 4 is 17.8 Å². The number of nitrogens with one attached hydrogen (secondary N) is 1. The fourth-order valence-corrected chi connectivity index (χ4v) is 3.27. The van der Waals surface area contributed by atoms with Gasteiger partial charge in [0.05, 0.1) is 11.0 Å². The molecule has 0 aromatic heterocycles. The minimum absolute atomic E-state index is 0.0186. The van der Waals surface area contributed by atoms with Gasteiger partial charge in [0, 0.05) is 13.1 Å². The zero-order chi connectivity index (χ0) is 19.6. The van der Waals surface area contributed by atoms with E-state index < -0.39 is 35.9 Å². The molecular formula is C18H20F2N2O5. The van der Waals surface area contributed by atoms with Crippen molar-refractivity contribution in [2.75, 3.05) is 13.1 Å². The molecule has 9 heteroatoms. The highest BCUT2D eigenvalue weighted by molar-refractivity contribution is 6.00. The van der Waals surface area contributed by atoms with Gasteiger partial charge in [-0.15, -0.1) is 0 Å². The summed E-state index contributed by atoms with van der Waals surface area (Å²) in [7, 11) is 0. The lowest BCUT2D eigenvalue weighted by atomic mass is 10.1. The van der Waals surface area contributed by atoms with E-state index in [0.29, 0.717) is 32.2 Å².